The second-order valence-electron chi connectivity index (χ2n) is 7.20. The van der Waals surface area contributed by atoms with Gasteiger partial charge in [-0.3, -0.25) is 9.59 Å². The molecule has 156 valence electrons. The summed E-state index contributed by atoms with van der Waals surface area (Å²) in [6, 6.07) is 5.18. The van der Waals surface area contributed by atoms with Crippen molar-refractivity contribution in [3.05, 3.63) is 29.3 Å². The van der Waals surface area contributed by atoms with Crippen molar-refractivity contribution in [1.29, 1.82) is 0 Å². The summed E-state index contributed by atoms with van der Waals surface area (Å²) in [6.07, 6.45) is 0.846. The molecule has 0 atom stereocenters. The smallest absolute Gasteiger partial charge is 0.275 e. The summed E-state index contributed by atoms with van der Waals surface area (Å²) in [5.74, 6) is -0.401. The molecule has 9 heteroatoms. The van der Waals surface area contributed by atoms with Gasteiger partial charge in [-0.05, 0) is 43.5 Å². The van der Waals surface area contributed by atoms with Crippen LogP contribution in [-0.4, -0.2) is 70.4 Å². The number of benzene rings is 1. The van der Waals surface area contributed by atoms with Crippen molar-refractivity contribution in [1.82, 2.24) is 14.9 Å². The molecule has 0 aromatic heterocycles. The fourth-order valence-corrected chi connectivity index (χ4v) is 4.57. The van der Waals surface area contributed by atoms with Crippen LogP contribution in [0.5, 0.6) is 0 Å². The average molecular weight is 412 g/mol. The van der Waals surface area contributed by atoms with Crippen LogP contribution in [-0.2, 0) is 19.6 Å². The van der Waals surface area contributed by atoms with Crippen LogP contribution in [0.2, 0.25) is 0 Å². The summed E-state index contributed by atoms with van der Waals surface area (Å²) >= 11 is 0. The van der Waals surface area contributed by atoms with Gasteiger partial charge >= 0.3 is 0 Å². The van der Waals surface area contributed by atoms with E-state index < -0.39 is 10.0 Å². The molecule has 0 radical (unpaired) electrons. The molecular weight excluding hydrogens is 380 g/mol. The fourth-order valence-electron chi connectivity index (χ4n) is 3.04. The predicted molar refractivity (Wildman–Crippen MR) is 107 cm³/mol. The number of quaternary nitrogens is 1. The Hall–Kier alpha value is -1.97. The molecule has 1 saturated heterocycles. The van der Waals surface area contributed by atoms with Crippen LogP contribution in [0.3, 0.4) is 0 Å². The molecule has 0 bridgehead atoms. The Kier molecular flexibility index (Phi) is 7.97. The third-order valence-electron chi connectivity index (χ3n) is 4.97. The lowest BCUT2D eigenvalue weighted by molar-refractivity contribution is -0.895. The van der Waals surface area contributed by atoms with Gasteiger partial charge in [-0.25, -0.2) is 8.42 Å². The van der Waals surface area contributed by atoms with E-state index in [0.717, 1.165) is 22.4 Å². The Morgan fingerprint density at radius 1 is 1.07 bits per heavy atom. The number of piperazine rings is 1. The Labute approximate surface area is 167 Å². The Balaban J connectivity index is 1.82. The Morgan fingerprint density at radius 2 is 1.75 bits per heavy atom. The number of nitrogens with one attached hydrogen (secondary N) is 3. The number of aryl methyl sites for hydroxylation is 2. The highest BCUT2D eigenvalue weighted by Crippen LogP contribution is 2.19. The quantitative estimate of drug-likeness (QED) is 0.502. The molecule has 3 N–H and O–H groups in total. The minimum atomic E-state index is -3.52. The molecule has 1 aliphatic heterocycles. The zero-order chi connectivity index (χ0) is 20.7. The molecule has 0 unspecified atom stereocenters. The van der Waals surface area contributed by atoms with Crippen LogP contribution in [0, 0.1) is 13.8 Å². The molecule has 8 nitrogen and oxygen atoms in total. The number of hydrogen-bond donors (Lipinski definition) is 3. The van der Waals surface area contributed by atoms with Gasteiger partial charge in [0.1, 0.15) is 0 Å². The van der Waals surface area contributed by atoms with E-state index in [0.29, 0.717) is 37.6 Å². The van der Waals surface area contributed by atoms with Gasteiger partial charge in [0.15, 0.2) is 6.54 Å². The zero-order valence-electron chi connectivity index (χ0n) is 16.9. The van der Waals surface area contributed by atoms with Gasteiger partial charge in [-0.2, -0.15) is 4.31 Å². The van der Waals surface area contributed by atoms with E-state index >= 15 is 0 Å². The monoisotopic (exact) mass is 411 g/mol. The van der Waals surface area contributed by atoms with Gasteiger partial charge in [-0.1, -0.05) is 13.0 Å². The van der Waals surface area contributed by atoms with Crippen molar-refractivity contribution in [3.8, 4) is 0 Å². The molecule has 0 aliphatic carbocycles. The normalized spacial score (nSPS) is 16.0. The van der Waals surface area contributed by atoms with E-state index in [1.54, 1.807) is 12.1 Å². The van der Waals surface area contributed by atoms with E-state index in [4.69, 9.17) is 0 Å². The maximum absolute atomic E-state index is 12.8. The summed E-state index contributed by atoms with van der Waals surface area (Å²) in [5, 5.41) is 5.32. The van der Waals surface area contributed by atoms with Crippen LogP contribution in [0.1, 0.15) is 24.5 Å². The summed E-state index contributed by atoms with van der Waals surface area (Å²) in [6.45, 7) is 8.46. The van der Waals surface area contributed by atoms with Crippen molar-refractivity contribution < 1.29 is 22.9 Å². The minimum absolute atomic E-state index is 0.0284. The molecule has 1 aromatic rings. The summed E-state index contributed by atoms with van der Waals surface area (Å²) in [4.78, 5) is 24.9. The molecule has 0 saturated carbocycles. The second kappa shape index (κ2) is 9.99. The van der Waals surface area contributed by atoms with Crippen LogP contribution < -0.4 is 15.5 Å². The first-order valence-corrected chi connectivity index (χ1v) is 11.1. The standard InChI is InChI=1S/C19H30N4O4S/c1-4-7-20-18(24)13-21-19(25)14-22-8-10-23(11-9-22)28(26,27)17-6-5-15(2)16(3)12-17/h5-6,12H,4,7-11,13-14H2,1-3H3,(H,20,24)(H,21,25)/p+1. The topological polar surface area (TPSA) is 100 Å². The Bertz CT molecular complexity index is 802. The predicted octanol–water partition coefficient (Wildman–Crippen LogP) is -1.16. The van der Waals surface area contributed by atoms with Gasteiger partial charge in [0.2, 0.25) is 15.9 Å². The van der Waals surface area contributed by atoms with Gasteiger partial charge in [0.25, 0.3) is 5.91 Å². The van der Waals surface area contributed by atoms with Crippen LogP contribution in [0.4, 0.5) is 0 Å². The summed E-state index contributed by atoms with van der Waals surface area (Å²) < 4.78 is 27.2. The first-order valence-electron chi connectivity index (χ1n) is 9.68. The molecule has 1 fully saturated rings. The third-order valence-corrected chi connectivity index (χ3v) is 6.87. The molecule has 1 heterocycles. The number of hydrogen-bond acceptors (Lipinski definition) is 4. The largest absolute Gasteiger partial charge is 0.355 e. The first-order chi connectivity index (χ1) is 13.2. The van der Waals surface area contributed by atoms with Crippen molar-refractivity contribution in [2.75, 3.05) is 45.8 Å². The number of sulfonamides is 1. The van der Waals surface area contributed by atoms with Gasteiger partial charge in [0.05, 0.1) is 37.6 Å². The van der Waals surface area contributed by atoms with Crippen molar-refractivity contribution in [2.45, 2.75) is 32.1 Å². The molecule has 2 amide bonds. The summed E-state index contributed by atoms with van der Waals surface area (Å²) in [5.41, 5.74) is 2.01. The molecule has 1 aliphatic rings. The van der Waals surface area contributed by atoms with Gasteiger partial charge in [-0.15, -0.1) is 0 Å². The highest BCUT2D eigenvalue weighted by atomic mass is 32.2. The molecule has 2 rings (SSSR count). The molecular formula is C19H31N4O4S+. The zero-order valence-corrected chi connectivity index (χ0v) is 17.7. The Morgan fingerprint density at radius 3 is 2.36 bits per heavy atom. The van der Waals surface area contributed by atoms with Gasteiger partial charge < -0.3 is 15.5 Å². The highest BCUT2D eigenvalue weighted by Gasteiger charge is 2.31. The lowest BCUT2D eigenvalue weighted by atomic mass is 10.1. The third kappa shape index (κ3) is 6.02. The summed E-state index contributed by atoms with van der Waals surface area (Å²) in [7, 11) is -3.52. The SMILES string of the molecule is CCCNC(=O)CNC(=O)C[NH+]1CCN(S(=O)(=O)c2ccc(C)c(C)c2)CC1. The van der Waals surface area contributed by atoms with E-state index in [1.807, 2.05) is 26.8 Å². The maximum atomic E-state index is 12.8. The molecule has 0 spiro atoms. The molecule has 1 aromatic carbocycles. The number of carbonyl (C=O) groups excluding carboxylic acids is 2. The van der Waals surface area contributed by atoms with Gasteiger partial charge in [0, 0.05) is 6.54 Å². The maximum Gasteiger partial charge on any atom is 0.275 e. The van der Waals surface area contributed by atoms with E-state index in [9.17, 15) is 18.0 Å². The number of rotatable bonds is 8. The van der Waals surface area contributed by atoms with Crippen LogP contribution in [0.15, 0.2) is 23.1 Å². The van der Waals surface area contributed by atoms with Crippen molar-refractivity contribution in [2.24, 2.45) is 0 Å². The highest BCUT2D eigenvalue weighted by molar-refractivity contribution is 7.89. The number of nitrogens with zero attached hydrogens (tertiary/aromatic N) is 1. The fraction of sp³-hybridized carbons (Fsp3) is 0.579. The van der Waals surface area contributed by atoms with Crippen molar-refractivity contribution in [3.63, 3.8) is 0 Å². The van der Waals surface area contributed by atoms with E-state index in [1.165, 1.54) is 4.31 Å². The van der Waals surface area contributed by atoms with Crippen LogP contribution in [0.25, 0.3) is 0 Å². The minimum Gasteiger partial charge on any atom is -0.355 e. The first kappa shape index (κ1) is 22.3. The van der Waals surface area contributed by atoms with Crippen LogP contribution >= 0.6 is 0 Å². The van der Waals surface area contributed by atoms with E-state index in [-0.39, 0.29) is 24.9 Å². The average Bonchev–Trinajstić information content (AvgIpc) is 2.67. The number of amides is 2. The number of carbonyl (C=O) groups is 2. The molecule has 28 heavy (non-hydrogen) atoms. The van der Waals surface area contributed by atoms with E-state index in [2.05, 4.69) is 10.6 Å². The lowest BCUT2D eigenvalue weighted by Gasteiger charge is -2.31. The second-order valence-corrected chi connectivity index (χ2v) is 9.14. The lowest BCUT2D eigenvalue weighted by Crippen LogP contribution is -3.15. The van der Waals surface area contributed by atoms with Crippen molar-refractivity contribution >= 4 is 21.8 Å².